The maximum Gasteiger partial charge on any atom is 0.253 e. The molecule has 2 N–H and O–H groups in total. The summed E-state index contributed by atoms with van der Waals surface area (Å²) < 4.78 is 0. The lowest BCUT2D eigenvalue weighted by atomic mass is 10.1. The van der Waals surface area contributed by atoms with E-state index >= 15 is 0 Å². The van der Waals surface area contributed by atoms with Gasteiger partial charge in [-0.15, -0.1) is 0 Å². The van der Waals surface area contributed by atoms with Crippen LogP contribution in [0.1, 0.15) is 30.1 Å². The van der Waals surface area contributed by atoms with Gasteiger partial charge >= 0.3 is 0 Å². The maximum atomic E-state index is 12.2. The van der Waals surface area contributed by atoms with Gasteiger partial charge in [0.2, 0.25) is 5.91 Å². The second-order valence-corrected chi connectivity index (χ2v) is 5.48. The number of hydrogen-bond acceptors (Lipinski definition) is 4. The van der Waals surface area contributed by atoms with E-state index in [1.54, 1.807) is 18.0 Å². The van der Waals surface area contributed by atoms with Crippen molar-refractivity contribution in [3.05, 3.63) is 22.8 Å². The Labute approximate surface area is 128 Å². The van der Waals surface area contributed by atoms with Gasteiger partial charge in [0, 0.05) is 38.8 Å². The molecule has 0 spiro atoms. The molecule has 1 unspecified atom stereocenters. The summed E-state index contributed by atoms with van der Waals surface area (Å²) in [7, 11) is 1.74. The monoisotopic (exact) mass is 310 g/mol. The highest BCUT2D eigenvalue weighted by molar-refractivity contribution is 6.33. The number of nitrogens with one attached hydrogen (secondary N) is 2. The van der Waals surface area contributed by atoms with Crippen LogP contribution < -0.4 is 10.6 Å². The molecule has 1 atom stereocenters. The number of carbonyl (C=O) groups is 2. The zero-order valence-electron chi connectivity index (χ0n) is 12.1. The van der Waals surface area contributed by atoms with Gasteiger partial charge in [0.25, 0.3) is 5.91 Å². The topological polar surface area (TPSA) is 74.3 Å². The van der Waals surface area contributed by atoms with Crippen molar-refractivity contribution in [3.8, 4) is 0 Å². The van der Waals surface area contributed by atoms with Gasteiger partial charge in [-0.05, 0) is 19.4 Å². The molecule has 2 heterocycles. The minimum atomic E-state index is -0.222. The standard InChI is InChI=1S/C14H19ClN4O2/c1-3-16-13-11(15)6-9(7-17-13)14(21)18-10-4-5-12(20)19(2)8-10/h6-7,10H,3-5,8H2,1-2H3,(H,16,17)(H,18,21). The molecule has 2 rings (SSSR count). The van der Waals surface area contributed by atoms with E-state index in [1.165, 1.54) is 6.20 Å². The maximum absolute atomic E-state index is 12.2. The summed E-state index contributed by atoms with van der Waals surface area (Å²) in [5, 5.41) is 6.35. The Hall–Kier alpha value is -1.82. The van der Waals surface area contributed by atoms with Gasteiger partial charge in [-0.25, -0.2) is 4.98 Å². The van der Waals surface area contributed by atoms with E-state index in [0.29, 0.717) is 42.3 Å². The first kappa shape index (κ1) is 15.6. The van der Waals surface area contributed by atoms with Crippen LogP contribution in [-0.2, 0) is 4.79 Å². The number of nitrogens with zero attached hydrogens (tertiary/aromatic N) is 2. The fourth-order valence-electron chi connectivity index (χ4n) is 2.26. The molecular formula is C14H19ClN4O2. The lowest BCUT2D eigenvalue weighted by molar-refractivity contribution is -0.132. The predicted molar refractivity (Wildman–Crippen MR) is 81.5 cm³/mol. The lowest BCUT2D eigenvalue weighted by Crippen LogP contribution is -2.48. The highest BCUT2D eigenvalue weighted by atomic mass is 35.5. The van der Waals surface area contributed by atoms with E-state index in [4.69, 9.17) is 11.6 Å². The number of anilines is 1. The molecule has 1 aromatic rings. The van der Waals surface area contributed by atoms with E-state index in [0.717, 1.165) is 0 Å². The molecule has 0 aliphatic carbocycles. The minimum Gasteiger partial charge on any atom is -0.369 e. The predicted octanol–water partition coefficient (Wildman–Crippen LogP) is 1.52. The first-order valence-corrected chi connectivity index (χ1v) is 7.33. The zero-order chi connectivity index (χ0) is 15.4. The average Bonchev–Trinajstić information content (AvgIpc) is 2.45. The van der Waals surface area contributed by atoms with Crippen LogP contribution in [0, 0.1) is 0 Å². The van der Waals surface area contributed by atoms with E-state index in [-0.39, 0.29) is 17.9 Å². The SMILES string of the molecule is CCNc1ncc(C(=O)NC2CCC(=O)N(C)C2)cc1Cl. The molecule has 114 valence electrons. The molecule has 1 aliphatic rings. The van der Waals surface area contributed by atoms with Crippen molar-refractivity contribution in [1.29, 1.82) is 0 Å². The first-order chi connectivity index (χ1) is 10.0. The third-order valence-electron chi connectivity index (χ3n) is 3.41. The minimum absolute atomic E-state index is 0.0348. The Kier molecular flexibility index (Phi) is 5.01. The number of hydrogen-bond donors (Lipinski definition) is 2. The molecule has 2 amide bonds. The molecule has 6 nitrogen and oxygen atoms in total. The van der Waals surface area contributed by atoms with Crippen LogP contribution in [0.15, 0.2) is 12.3 Å². The van der Waals surface area contributed by atoms with Crippen LogP contribution in [0.5, 0.6) is 0 Å². The average molecular weight is 311 g/mol. The van der Waals surface area contributed by atoms with Crippen molar-refractivity contribution in [3.63, 3.8) is 0 Å². The Morgan fingerprint density at radius 1 is 1.57 bits per heavy atom. The zero-order valence-corrected chi connectivity index (χ0v) is 12.9. The van der Waals surface area contributed by atoms with Crippen LogP contribution >= 0.6 is 11.6 Å². The van der Waals surface area contributed by atoms with Crippen molar-refractivity contribution in [2.45, 2.75) is 25.8 Å². The van der Waals surface area contributed by atoms with Crippen LogP contribution in [0.4, 0.5) is 5.82 Å². The second kappa shape index (κ2) is 6.76. The number of carbonyl (C=O) groups excluding carboxylic acids is 2. The molecule has 1 aliphatic heterocycles. The van der Waals surface area contributed by atoms with Gasteiger partial charge in [-0.1, -0.05) is 11.6 Å². The van der Waals surface area contributed by atoms with Crippen LogP contribution in [0.3, 0.4) is 0 Å². The largest absolute Gasteiger partial charge is 0.369 e. The lowest BCUT2D eigenvalue weighted by Gasteiger charge is -2.30. The summed E-state index contributed by atoms with van der Waals surface area (Å²) in [4.78, 5) is 29.4. The van der Waals surface area contributed by atoms with Crippen LogP contribution in [0.25, 0.3) is 0 Å². The molecule has 1 fully saturated rings. The van der Waals surface area contributed by atoms with Gasteiger partial charge in [-0.2, -0.15) is 0 Å². The van der Waals surface area contributed by atoms with Gasteiger partial charge in [0.15, 0.2) is 0 Å². The highest BCUT2D eigenvalue weighted by Gasteiger charge is 2.24. The highest BCUT2D eigenvalue weighted by Crippen LogP contribution is 2.20. The number of rotatable bonds is 4. The fraction of sp³-hybridized carbons (Fsp3) is 0.500. The van der Waals surface area contributed by atoms with Crippen molar-refractivity contribution in [2.24, 2.45) is 0 Å². The quantitative estimate of drug-likeness (QED) is 0.884. The molecule has 0 saturated carbocycles. The number of likely N-dealkylation sites (tertiary alicyclic amines) is 1. The normalized spacial score (nSPS) is 18.5. The van der Waals surface area contributed by atoms with E-state index < -0.39 is 0 Å². The summed E-state index contributed by atoms with van der Waals surface area (Å²) in [6.07, 6.45) is 2.61. The summed E-state index contributed by atoms with van der Waals surface area (Å²) in [5.41, 5.74) is 0.418. The smallest absolute Gasteiger partial charge is 0.253 e. The van der Waals surface area contributed by atoms with E-state index in [2.05, 4.69) is 15.6 Å². The summed E-state index contributed by atoms with van der Waals surface area (Å²) in [6, 6.07) is 1.56. The van der Waals surface area contributed by atoms with Crippen molar-refractivity contribution in [1.82, 2.24) is 15.2 Å². The third-order valence-corrected chi connectivity index (χ3v) is 3.70. The van der Waals surface area contributed by atoms with Crippen LogP contribution in [-0.4, -0.2) is 47.9 Å². The molecule has 0 aromatic carbocycles. The van der Waals surface area contributed by atoms with Gasteiger partial charge in [0.1, 0.15) is 5.82 Å². The Bertz CT molecular complexity index is 550. The molecule has 21 heavy (non-hydrogen) atoms. The number of piperidine rings is 1. The van der Waals surface area contributed by atoms with Gasteiger partial charge in [0.05, 0.1) is 10.6 Å². The van der Waals surface area contributed by atoms with Crippen molar-refractivity contribution < 1.29 is 9.59 Å². The van der Waals surface area contributed by atoms with Crippen LogP contribution in [0.2, 0.25) is 5.02 Å². The molecule has 0 radical (unpaired) electrons. The molecular weight excluding hydrogens is 292 g/mol. The molecule has 0 bridgehead atoms. The molecule has 1 saturated heterocycles. The Balaban J connectivity index is 2.00. The molecule has 1 aromatic heterocycles. The van der Waals surface area contributed by atoms with Gasteiger partial charge in [-0.3, -0.25) is 9.59 Å². The Morgan fingerprint density at radius 2 is 2.33 bits per heavy atom. The molecule has 7 heteroatoms. The number of likely N-dealkylation sites (N-methyl/N-ethyl adjacent to an activating group) is 1. The van der Waals surface area contributed by atoms with Gasteiger partial charge < -0.3 is 15.5 Å². The van der Waals surface area contributed by atoms with E-state index in [1.807, 2.05) is 6.92 Å². The number of aromatic nitrogens is 1. The summed E-state index contributed by atoms with van der Waals surface area (Å²) >= 11 is 6.08. The third kappa shape index (κ3) is 3.85. The summed E-state index contributed by atoms with van der Waals surface area (Å²) in [6.45, 7) is 3.18. The number of halogens is 1. The first-order valence-electron chi connectivity index (χ1n) is 6.95. The van der Waals surface area contributed by atoms with Crippen molar-refractivity contribution in [2.75, 3.05) is 25.5 Å². The summed E-state index contributed by atoms with van der Waals surface area (Å²) in [5.74, 6) is 0.458. The number of pyridine rings is 1. The van der Waals surface area contributed by atoms with Crippen molar-refractivity contribution >= 4 is 29.2 Å². The number of amides is 2. The van der Waals surface area contributed by atoms with E-state index in [9.17, 15) is 9.59 Å². The second-order valence-electron chi connectivity index (χ2n) is 5.07. The fourth-order valence-corrected chi connectivity index (χ4v) is 2.49. The Morgan fingerprint density at radius 3 is 2.95 bits per heavy atom.